The number of carbonyl (C=O) groups is 1. The molecule has 1 aliphatic rings. The highest BCUT2D eigenvalue weighted by atomic mass is 32.1. The first kappa shape index (κ1) is 21.2. The van der Waals surface area contributed by atoms with E-state index in [1.54, 1.807) is 19.2 Å². The van der Waals surface area contributed by atoms with Crippen LogP contribution in [-0.4, -0.2) is 60.8 Å². The van der Waals surface area contributed by atoms with Gasteiger partial charge in [0.05, 0.1) is 19.3 Å². The molecule has 0 radical (unpaired) electrons. The number of ether oxygens (including phenoxy) is 1. The summed E-state index contributed by atoms with van der Waals surface area (Å²) >= 11 is 1.49. The number of halogens is 1. The average Bonchev–Trinajstić information content (AvgIpc) is 3.25. The molecule has 3 aromatic rings. The maximum Gasteiger partial charge on any atom is 0.238 e. The van der Waals surface area contributed by atoms with Crippen molar-refractivity contribution in [3.05, 3.63) is 64.9 Å². The molecule has 0 aliphatic carbocycles. The molecule has 1 aliphatic heterocycles. The third-order valence-corrected chi connectivity index (χ3v) is 6.13. The van der Waals surface area contributed by atoms with Crippen LogP contribution in [0, 0.1) is 5.82 Å². The number of piperazine rings is 1. The Balaban J connectivity index is 1.27. The van der Waals surface area contributed by atoms with Crippen molar-refractivity contribution in [1.82, 2.24) is 15.1 Å². The third-order valence-electron chi connectivity index (χ3n) is 5.15. The normalized spacial score (nSPS) is 14.5. The summed E-state index contributed by atoms with van der Waals surface area (Å²) in [6.07, 6.45) is 0.438. The lowest BCUT2D eigenvalue weighted by Gasteiger charge is -2.33. The zero-order chi connectivity index (χ0) is 21.6. The van der Waals surface area contributed by atoms with Crippen LogP contribution in [0.4, 0.5) is 15.2 Å². The highest BCUT2D eigenvalue weighted by Gasteiger charge is 2.22. The van der Waals surface area contributed by atoms with Crippen LogP contribution in [0.25, 0.3) is 0 Å². The van der Waals surface area contributed by atoms with Gasteiger partial charge >= 0.3 is 0 Å². The fourth-order valence-corrected chi connectivity index (χ4v) is 4.40. The van der Waals surface area contributed by atoms with E-state index >= 15 is 0 Å². The molecule has 1 aromatic heterocycles. The molecule has 9 heteroatoms. The molecule has 0 spiro atoms. The van der Waals surface area contributed by atoms with E-state index in [4.69, 9.17) is 4.74 Å². The molecule has 2 aromatic carbocycles. The van der Waals surface area contributed by atoms with Gasteiger partial charge in [-0.1, -0.05) is 41.7 Å². The summed E-state index contributed by atoms with van der Waals surface area (Å²) in [6, 6.07) is 14.1. The van der Waals surface area contributed by atoms with Crippen LogP contribution in [0.15, 0.2) is 48.5 Å². The Labute approximate surface area is 184 Å². The van der Waals surface area contributed by atoms with Crippen LogP contribution in [0.2, 0.25) is 0 Å². The van der Waals surface area contributed by atoms with Crippen LogP contribution >= 0.6 is 11.3 Å². The van der Waals surface area contributed by atoms with Gasteiger partial charge in [0.25, 0.3) is 0 Å². The van der Waals surface area contributed by atoms with E-state index in [0.29, 0.717) is 30.0 Å². The molecule has 4 rings (SSSR count). The summed E-state index contributed by atoms with van der Waals surface area (Å²) in [7, 11) is 1.58. The standard InChI is InChI=1S/C22H24FN5O2S/c1-30-19-9-5-4-8-18(19)24-20(29)15-27-10-12-28(13-11-27)22-26-25-21(31-22)14-16-6-2-3-7-17(16)23/h2-9H,10-15H2,1H3,(H,24,29). The van der Waals surface area contributed by atoms with Crippen molar-refractivity contribution in [2.75, 3.05) is 50.1 Å². The molecule has 162 valence electrons. The van der Waals surface area contributed by atoms with Gasteiger partial charge in [-0.25, -0.2) is 4.39 Å². The van der Waals surface area contributed by atoms with Gasteiger partial charge in [-0.05, 0) is 23.8 Å². The molecule has 31 heavy (non-hydrogen) atoms. The Morgan fingerprint density at radius 2 is 1.84 bits per heavy atom. The lowest BCUT2D eigenvalue weighted by Crippen LogP contribution is -2.48. The number of nitrogens with zero attached hydrogens (tertiary/aromatic N) is 4. The molecule has 7 nitrogen and oxygen atoms in total. The molecule has 0 bridgehead atoms. The largest absolute Gasteiger partial charge is 0.495 e. The number of anilines is 2. The van der Waals surface area contributed by atoms with E-state index in [-0.39, 0.29) is 11.7 Å². The molecular formula is C22H24FN5O2S. The minimum atomic E-state index is -0.223. The minimum absolute atomic E-state index is 0.0685. The topological polar surface area (TPSA) is 70.6 Å². The van der Waals surface area contributed by atoms with Crippen LogP contribution in [0.5, 0.6) is 5.75 Å². The zero-order valence-corrected chi connectivity index (χ0v) is 18.1. The maximum atomic E-state index is 13.9. The fourth-order valence-electron chi connectivity index (χ4n) is 3.49. The number of amides is 1. The quantitative estimate of drug-likeness (QED) is 0.608. The molecule has 0 unspecified atom stereocenters. The predicted molar refractivity (Wildman–Crippen MR) is 119 cm³/mol. The number of methoxy groups -OCH3 is 1. The monoisotopic (exact) mass is 441 g/mol. The van der Waals surface area contributed by atoms with E-state index < -0.39 is 0 Å². The summed E-state index contributed by atoms with van der Waals surface area (Å²) in [4.78, 5) is 16.7. The van der Waals surface area contributed by atoms with Crippen molar-refractivity contribution in [3.63, 3.8) is 0 Å². The molecule has 2 heterocycles. The van der Waals surface area contributed by atoms with Crippen molar-refractivity contribution < 1.29 is 13.9 Å². The number of hydrogen-bond donors (Lipinski definition) is 1. The lowest BCUT2D eigenvalue weighted by atomic mass is 10.1. The SMILES string of the molecule is COc1ccccc1NC(=O)CN1CCN(c2nnc(Cc3ccccc3F)s2)CC1. The van der Waals surface area contributed by atoms with Gasteiger partial charge in [0.2, 0.25) is 11.0 Å². The van der Waals surface area contributed by atoms with Crippen LogP contribution in [-0.2, 0) is 11.2 Å². The first-order chi connectivity index (χ1) is 15.1. The second-order valence-corrected chi connectivity index (χ2v) is 8.30. The molecule has 1 N–H and O–H groups in total. The van der Waals surface area contributed by atoms with E-state index in [1.165, 1.54) is 17.4 Å². The van der Waals surface area contributed by atoms with Gasteiger partial charge in [-0.2, -0.15) is 0 Å². The van der Waals surface area contributed by atoms with Crippen molar-refractivity contribution in [1.29, 1.82) is 0 Å². The fraction of sp³-hybridized carbons (Fsp3) is 0.318. The molecule has 0 saturated carbocycles. The van der Waals surface area contributed by atoms with Crippen molar-refractivity contribution in [3.8, 4) is 5.75 Å². The Bertz CT molecular complexity index is 1040. The van der Waals surface area contributed by atoms with Gasteiger partial charge in [0.1, 0.15) is 16.6 Å². The second kappa shape index (κ2) is 9.84. The van der Waals surface area contributed by atoms with Gasteiger partial charge in [-0.15, -0.1) is 10.2 Å². The third kappa shape index (κ3) is 5.36. The van der Waals surface area contributed by atoms with Crippen LogP contribution in [0.1, 0.15) is 10.6 Å². The highest BCUT2D eigenvalue weighted by Crippen LogP contribution is 2.25. The van der Waals surface area contributed by atoms with E-state index in [2.05, 4.69) is 25.3 Å². The summed E-state index contributed by atoms with van der Waals surface area (Å²) in [5.41, 5.74) is 1.29. The van der Waals surface area contributed by atoms with Gasteiger partial charge in [-0.3, -0.25) is 9.69 Å². The highest BCUT2D eigenvalue weighted by molar-refractivity contribution is 7.15. The Hall–Kier alpha value is -3.04. The van der Waals surface area contributed by atoms with Gasteiger partial charge in [0.15, 0.2) is 0 Å². The Morgan fingerprint density at radius 1 is 1.10 bits per heavy atom. The molecule has 0 atom stereocenters. The van der Waals surface area contributed by atoms with Crippen LogP contribution in [0.3, 0.4) is 0 Å². The van der Waals surface area contributed by atoms with Crippen molar-refractivity contribution >= 4 is 28.1 Å². The number of benzene rings is 2. The summed E-state index contributed by atoms with van der Waals surface area (Å²) in [6.45, 7) is 3.34. The first-order valence-electron chi connectivity index (χ1n) is 10.1. The number of aromatic nitrogens is 2. The minimum Gasteiger partial charge on any atom is -0.495 e. The van der Waals surface area contributed by atoms with E-state index in [1.807, 2.05) is 30.3 Å². The molecule has 1 fully saturated rings. The number of hydrogen-bond acceptors (Lipinski definition) is 7. The smallest absolute Gasteiger partial charge is 0.238 e. The average molecular weight is 442 g/mol. The van der Waals surface area contributed by atoms with Crippen LogP contribution < -0.4 is 15.0 Å². The second-order valence-electron chi connectivity index (χ2n) is 7.26. The predicted octanol–water partition coefficient (Wildman–Crippen LogP) is 3.04. The number of nitrogens with one attached hydrogen (secondary N) is 1. The first-order valence-corrected chi connectivity index (χ1v) is 10.9. The van der Waals surface area contributed by atoms with E-state index in [0.717, 1.165) is 36.3 Å². The summed E-state index contributed by atoms with van der Waals surface area (Å²) < 4.78 is 19.1. The molecular weight excluding hydrogens is 417 g/mol. The van der Waals surface area contributed by atoms with Gasteiger partial charge in [0, 0.05) is 32.6 Å². The number of carbonyl (C=O) groups excluding carboxylic acids is 1. The van der Waals surface area contributed by atoms with Crippen molar-refractivity contribution in [2.24, 2.45) is 0 Å². The molecule has 1 amide bonds. The van der Waals surface area contributed by atoms with E-state index in [9.17, 15) is 9.18 Å². The number of rotatable bonds is 7. The Kier molecular flexibility index (Phi) is 6.73. The van der Waals surface area contributed by atoms with Crippen molar-refractivity contribution in [2.45, 2.75) is 6.42 Å². The lowest BCUT2D eigenvalue weighted by molar-refractivity contribution is -0.117. The van der Waals surface area contributed by atoms with Gasteiger partial charge < -0.3 is 15.0 Å². The summed E-state index contributed by atoms with van der Waals surface area (Å²) in [5.74, 6) is 0.350. The maximum absolute atomic E-state index is 13.9. The number of para-hydroxylation sites is 2. The Morgan fingerprint density at radius 3 is 2.61 bits per heavy atom. The molecule has 1 saturated heterocycles. The zero-order valence-electron chi connectivity index (χ0n) is 17.3. The summed E-state index contributed by atoms with van der Waals surface area (Å²) in [5, 5.41) is 13.1.